The fourth-order valence-electron chi connectivity index (χ4n) is 3.80. The summed E-state index contributed by atoms with van der Waals surface area (Å²) in [5.41, 5.74) is 1.96. The van der Waals surface area contributed by atoms with E-state index in [9.17, 15) is 0 Å². The largest absolute Gasteiger partial charge is 0.254 e. The predicted molar refractivity (Wildman–Crippen MR) is 107 cm³/mol. The third kappa shape index (κ3) is 1.73. The van der Waals surface area contributed by atoms with Crippen molar-refractivity contribution in [3.05, 3.63) is 73.1 Å². The first-order valence-electron chi connectivity index (χ1n) is 8.26. The molecule has 3 aromatic carbocycles. The molecule has 0 N–H and O–H groups in total. The number of benzene rings is 3. The van der Waals surface area contributed by atoms with Crippen LogP contribution in [0.4, 0.5) is 0 Å². The maximum Gasteiger partial charge on any atom is 0.0971 e. The van der Waals surface area contributed by atoms with Gasteiger partial charge in [0.15, 0.2) is 0 Å². The molecule has 3 heteroatoms. The van der Waals surface area contributed by atoms with E-state index in [1.54, 1.807) is 0 Å². The van der Waals surface area contributed by atoms with Crippen LogP contribution < -0.4 is 0 Å². The van der Waals surface area contributed by atoms with Crippen molar-refractivity contribution in [3.63, 3.8) is 0 Å². The van der Waals surface area contributed by atoms with Gasteiger partial charge in [0.25, 0.3) is 0 Å². The van der Waals surface area contributed by atoms with Crippen molar-refractivity contribution in [2.75, 3.05) is 0 Å². The summed E-state index contributed by atoms with van der Waals surface area (Å²) in [6, 6.07) is 21.5. The number of thiophene rings is 1. The van der Waals surface area contributed by atoms with Crippen LogP contribution in [-0.4, -0.2) is 9.97 Å². The van der Waals surface area contributed by atoms with Gasteiger partial charge in [0.2, 0.25) is 0 Å². The monoisotopic (exact) mass is 336 g/mol. The lowest BCUT2D eigenvalue weighted by molar-refractivity contribution is 1.39. The molecule has 0 aliphatic heterocycles. The van der Waals surface area contributed by atoms with Gasteiger partial charge in [0.05, 0.1) is 15.7 Å². The number of hydrogen-bond donors (Lipinski definition) is 0. The Morgan fingerprint density at radius 2 is 1.48 bits per heavy atom. The number of hydrogen-bond acceptors (Lipinski definition) is 3. The molecular weight excluding hydrogens is 324 g/mol. The molecule has 0 aliphatic carbocycles. The Morgan fingerprint density at radius 3 is 2.48 bits per heavy atom. The number of rotatable bonds is 0. The van der Waals surface area contributed by atoms with Gasteiger partial charge >= 0.3 is 0 Å². The highest BCUT2D eigenvalue weighted by molar-refractivity contribution is 7.26. The first-order chi connectivity index (χ1) is 12.4. The van der Waals surface area contributed by atoms with E-state index < -0.39 is 0 Å². The van der Waals surface area contributed by atoms with Crippen LogP contribution in [0.5, 0.6) is 0 Å². The molecule has 2 nitrogen and oxygen atoms in total. The molecule has 0 aliphatic rings. The fraction of sp³-hybridized carbons (Fsp3) is 0. The molecule has 0 bridgehead atoms. The lowest BCUT2D eigenvalue weighted by Gasteiger charge is -2.04. The Morgan fingerprint density at radius 1 is 0.640 bits per heavy atom. The first-order valence-corrected chi connectivity index (χ1v) is 9.08. The van der Waals surface area contributed by atoms with Gasteiger partial charge < -0.3 is 0 Å². The van der Waals surface area contributed by atoms with Gasteiger partial charge in [-0.2, -0.15) is 0 Å². The molecule has 3 heterocycles. The molecule has 0 atom stereocenters. The van der Waals surface area contributed by atoms with Crippen LogP contribution in [0.25, 0.3) is 52.8 Å². The number of fused-ring (bicyclic) bond motifs is 9. The maximum absolute atomic E-state index is 4.76. The average Bonchev–Trinajstić information content (AvgIpc) is 3.07. The highest BCUT2D eigenvalue weighted by atomic mass is 32.1. The summed E-state index contributed by atoms with van der Waals surface area (Å²) in [6.07, 6.45) is 3.85. The Balaban J connectivity index is 1.89. The second kappa shape index (κ2) is 4.74. The van der Waals surface area contributed by atoms with E-state index in [4.69, 9.17) is 4.98 Å². The standard InChI is InChI=1S/C22H12N2S/c1-2-6-15-13(4-1)7-10-17-19-16-9-8-14-5-3-11-23-20(14)21(16)24-12-18(19)25-22(15)17/h1-12H. The summed E-state index contributed by atoms with van der Waals surface area (Å²) in [4.78, 5) is 9.33. The minimum absolute atomic E-state index is 0.974. The topological polar surface area (TPSA) is 25.8 Å². The molecule has 0 saturated carbocycles. The zero-order chi connectivity index (χ0) is 16.4. The molecule has 116 valence electrons. The minimum atomic E-state index is 0.974. The highest BCUT2D eigenvalue weighted by Gasteiger charge is 2.13. The van der Waals surface area contributed by atoms with Gasteiger partial charge in [0, 0.05) is 38.6 Å². The summed E-state index contributed by atoms with van der Waals surface area (Å²) in [7, 11) is 0. The van der Waals surface area contributed by atoms with Gasteiger partial charge in [-0.25, -0.2) is 0 Å². The van der Waals surface area contributed by atoms with Crippen molar-refractivity contribution in [2.45, 2.75) is 0 Å². The zero-order valence-corrected chi connectivity index (χ0v) is 14.0. The van der Waals surface area contributed by atoms with Crippen molar-refractivity contribution < 1.29 is 0 Å². The summed E-state index contributed by atoms with van der Waals surface area (Å²) in [5, 5.41) is 7.51. The lowest BCUT2D eigenvalue weighted by atomic mass is 10.0. The maximum atomic E-state index is 4.76. The Hall–Kier alpha value is -3.04. The van der Waals surface area contributed by atoms with E-state index in [0.717, 1.165) is 16.4 Å². The molecule has 6 rings (SSSR count). The molecule has 0 amide bonds. The first kappa shape index (κ1) is 13.3. The van der Waals surface area contributed by atoms with Gasteiger partial charge in [0.1, 0.15) is 0 Å². The van der Waals surface area contributed by atoms with Crippen molar-refractivity contribution in [2.24, 2.45) is 0 Å². The van der Waals surface area contributed by atoms with Gasteiger partial charge in [-0.15, -0.1) is 11.3 Å². The quantitative estimate of drug-likeness (QED) is 0.304. The van der Waals surface area contributed by atoms with Crippen LogP contribution >= 0.6 is 11.3 Å². The van der Waals surface area contributed by atoms with Crippen LogP contribution in [0.1, 0.15) is 0 Å². The highest BCUT2D eigenvalue weighted by Crippen LogP contribution is 2.41. The normalized spacial score (nSPS) is 12.0. The van der Waals surface area contributed by atoms with E-state index in [1.165, 1.54) is 36.3 Å². The average molecular weight is 336 g/mol. The predicted octanol–water partition coefficient (Wildman–Crippen LogP) is 6.30. The van der Waals surface area contributed by atoms with Crippen LogP contribution in [0.15, 0.2) is 73.1 Å². The van der Waals surface area contributed by atoms with E-state index in [-0.39, 0.29) is 0 Å². The third-order valence-electron chi connectivity index (χ3n) is 4.94. The van der Waals surface area contributed by atoms with Crippen LogP contribution in [-0.2, 0) is 0 Å². The van der Waals surface area contributed by atoms with E-state index in [2.05, 4.69) is 59.6 Å². The molecule has 0 fully saturated rings. The van der Waals surface area contributed by atoms with Gasteiger partial charge in [-0.1, -0.05) is 54.6 Å². The zero-order valence-electron chi connectivity index (χ0n) is 13.2. The molecule has 0 saturated heterocycles. The third-order valence-corrected chi connectivity index (χ3v) is 6.11. The van der Waals surface area contributed by atoms with E-state index >= 15 is 0 Å². The molecular formula is C22H12N2S. The van der Waals surface area contributed by atoms with Crippen molar-refractivity contribution in [1.29, 1.82) is 0 Å². The molecule has 0 radical (unpaired) electrons. The number of pyridine rings is 2. The number of nitrogens with zero attached hydrogens (tertiary/aromatic N) is 2. The van der Waals surface area contributed by atoms with E-state index in [1.807, 2.05) is 29.8 Å². The van der Waals surface area contributed by atoms with E-state index in [0.29, 0.717) is 0 Å². The SMILES string of the molecule is c1ccc2c(c1)ccc1c2sc2cnc3c(ccc4cccnc43)c21. The molecule has 0 spiro atoms. The van der Waals surface area contributed by atoms with Gasteiger partial charge in [-0.3, -0.25) is 9.97 Å². The number of aromatic nitrogens is 2. The summed E-state index contributed by atoms with van der Waals surface area (Å²) < 4.78 is 2.57. The Kier molecular flexibility index (Phi) is 2.52. The summed E-state index contributed by atoms with van der Waals surface area (Å²) in [5.74, 6) is 0. The van der Waals surface area contributed by atoms with Crippen LogP contribution in [0.3, 0.4) is 0 Å². The fourth-order valence-corrected chi connectivity index (χ4v) is 5.02. The van der Waals surface area contributed by atoms with Crippen LogP contribution in [0, 0.1) is 0 Å². The second-order valence-corrected chi connectivity index (χ2v) is 7.35. The second-order valence-electron chi connectivity index (χ2n) is 6.30. The van der Waals surface area contributed by atoms with Gasteiger partial charge in [-0.05, 0) is 16.8 Å². The molecule has 0 unspecified atom stereocenters. The molecule has 3 aromatic heterocycles. The summed E-state index contributed by atoms with van der Waals surface area (Å²) >= 11 is 1.83. The molecule has 25 heavy (non-hydrogen) atoms. The van der Waals surface area contributed by atoms with Crippen molar-refractivity contribution in [1.82, 2.24) is 9.97 Å². The smallest absolute Gasteiger partial charge is 0.0971 e. The summed E-state index contributed by atoms with van der Waals surface area (Å²) in [6.45, 7) is 0. The minimum Gasteiger partial charge on any atom is -0.254 e. The van der Waals surface area contributed by atoms with Crippen molar-refractivity contribution in [3.8, 4) is 0 Å². The Labute approximate surface area is 147 Å². The van der Waals surface area contributed by atoms with Crippen LogP contribution in [0.2, 0.25) is 0 Å². The Bertz CT molecular complexity index is 1410. The molecule has 6 aromatic rings. The lowest BCUT2D eigenvalue weighted by Crippen LogP contribution is -1.85. The van der Waals surface area contributed by atoms with Crippen molar-refractivity contribution >= 4 is 64.1 Å².